The second kappa shape index (κ2) is 5.90. The van der Waals surface area contributed by atoms with Crippen LogP contribution in [0.3, 0.4) is 0 Å². The number of benzene rings is 1. The third-order valence-corrected chi connectivity index (χ3v) is 4.12. The molecule has 1 amide bonds. The first-order chi connectivity index (χ1) is 9.48. The summed E-state index contributed by atoms with van der Waals surface area (Å²) in [4.78, 5) is 12.4. The van der Waals surface area contributed by atoms with E-state index < -0.39 is 5.41 Å². The molecule has 1 aliphatic heterocycles. The number of ether oxygens (including phenoxy) is 1. The van der Waals surface area contributed by atoms with Crippen LogP contribution in [0.5, 0.6) is 0 Å². The van der Waals surface area contributed by atoms with E-state index in [0.717, 1.165) is 0 Å². The van der Waals surface area contributed by atoms with E-state index in [1.165, 1.54) is 12.1 Å². The van der Waals surface area contributed by atoms with Crippen LogP contribution in [0.15, 0.2) is 16.6 Å². The summed E-state index contributed by atoms with van der Waals surface area (Å²) in [6.07, 6.45) is 0.744. The quantitative estimate of drug-likeness (QED) is 0.899. The van der Waals surface area contributed by atoms with E-state index in [9.17, 15) is 14.4 Å². The normalized spacial score (nSPS) is 17.3. The monoisotopic (exact) mass is 340 g/mol. The molecule has 0 aliphatic carbocycles. The highest BCUT2D eigenvalue weighted by Gasteiger charge is 2.40. The molecule has 1 N–H and O–H groups in total. The lowest BCUT2D eigenvalue weighted by Crippen LogP contribution is -2.40. The topological polar surface area (TPSA) is 62.1 Å². The predicted octanol–water partition coefficient (Wildman–Crippen LogP) is 3.16. The molecule has 1 aromatic rings. The Morgan fingerprint density at radius 2 is 2.15 bits per heavy atom. The standard InChI is InChI=1S/C14H14BrFN2O2/c1-9-6-11(16)10(15)7-12(9)18-13(19)14(8-17)2-4-20-5-3-14/h6-7H,2-5H2,1H3,(H,18,19). The van der Waals surface area contributed by atoms with Gasteiger partial charge in [-0.15, -0.1) is 0 Å². The Morgan fingerprint density at radius 3 is 2.75 bits per heavy atom. The molecule has 1 heterocycles. The molecule has 0 spiro atoms. The van der Waals surface area contributed by atoms with Crippen molar-refractivity contribution >= 4 is 27.5 Å². The minimum atomic E-state index is -1.06. The van der Waals surface area contributed by atoms with Crippen LogP contribution in [0.1, 0.15) is 18.4 Å². The molecular weight excluding hydrogens is 327 g/mol. The van der Waals surface area contributed by atoms with Crippen LogP contribution in [0.2, 0.25) is 0 Å². The van der Waals surface area contributed by atoms with Crippen LogP contribution in [-0.4, -0.2) is 19.1 Å². The lowest BCUT2D eigenvalue weighted by atomic mass is 9.81. The molecule has 0 atom stereocenters. The highest BCUT2D eigenvalue weighted by molar-refractivity contribution is 9.10. The van der Waals surface area contributed by atoms with Gasteiger partial charge in [-0.05, 0) is 53.4 Å². The third-order valence-electron chi connectivity index (χ3n) is 3.51. The van der Waals surface area contributed by atoms with Crippen molar-refractivity contribution < 1.29 is 13.9 Å². The van der Waals surface area contributed by atoms with Gasteiger partial charge in [0.2, 0.25) is 5.91 Å². The van der Waals surface area contributed by atoms with Crippen LogP contribution in [-0.2, 0) is 9.53 Å². The first-order valence-corrected chi connectivity index (χ1v) is 7.04. The first kappa shape index (κ1) is 14.9. The molecule has 4 nitrogen and oxygen atoms in total. The van der Waals surface area contributed by atoms with Gasteiger partial charge in [0.05, 0.1) is 10.5 Å². The summed E-state index contributed by atoms with van der Waals surface area (Å²) in [6, 6.07) is 4.95. The van der Waals surface area contributed by atoms with Crippen molar-refractivity contribution in [1.82, 2.24) is 0 Å². The van der Waals surface area contributed by atoms with Crippen molar-refractivity contribution in [2.75, 3.05) is 18.5 Å². The second-order valence-electron chi connectivity index (χ2n) is 4.84. The fourth-order valence-corrected chi connectivity index (χ4v) is 2.48. The number of anilines is 1. The summed E-state index contributed by atoms with van der Waals surface area (Å²) < 4.78 is 18.8. The molecule has 0 radical (unpaired) electrons. The molecule has 1 fully saturated rings. The largest absolute Gasteiger partial charge is 0.381 e. The molecule has 1 saturated heterocycles. The van der Waals surface area contributed by atoms with E-state index in [-0.39, 0.29) is 16.2 Å². The fourth-order valence-electron chi connectivity index (χ4n) is 2.13. The van der Waals surface area contributed by atoms with Gasteiger partial charge in [-0.1, -0.05) is 0 Å². The Bertz CT molecular complexity index is 577. The maximum absolute atomic E-state index is 13.4. The molecule has 0 aromatic heterocycles. The van der Waals surface area contributed by atoms with Crippen molar-refractivity contribution in [1.29, 1.82) is 5.26 Å². The number of nitriles is 1. The maximum Gasteiger partial charge on any atom is 0.245 e. The Morgan fingerprint density at radius 1 is 1.50 bits per heavy atom. The molecule has 0 unspecified atom stereocenters. The maximum atomic E-state index is 13.4. The minimum Gasteiger partial charge on any atom is -0.381 e. The van der Waals surface area contributed by atoms with Gasteiger partial charge in [0, 0.05) is 18.9 Å². The smallest absolute Gasteiger partial charge is 0.245 e. The Kier molecular flexibility index (Phi) is 4.41. The minimum absolute atomic E-state index is 0.274. The highest BCUT2D eigenvalue weighted by Crippen LogP contribution is 2.32. The molecule has 1 aromatic carbocycles. The van der Waals surface area contributed by atoms with Crippen molar-refractivity contribution in [3.63, 3.8) is 0 Å². The van der Waals surface area contributed by atoms with Crippen LogP contribution in [0.25, 0.3) is 0 Å². The summed E-state index contributed by atoms with van der Waals surface area (Å²) in [5.41, 5.74) is 0.0505. The number of nitrogens with zero attached hydrogens (tertiary/aromatic N) is 1. The lowest BCUT2D eigenvalue weighted by Gasteiger charge is -2.29. The number of nitrogens with one attached hydrogen (secondary N) is 1. The van der Waals surface area contributed by atoms with E-state index in [0.29, 0.717) is 37.3 Å². The molecule has 20 heavy (non-hydrogen) atoms. The molecule has 1 aliphatic rings. The zero-order chi connectivity index (χ0) is 14.8. The summed E-state index contributed by atoms with van der Waals surface area (Å²) in [5.74, 6) is -0.744. The number of rotatable bonds is 2. The van der Waals surface area contributed by atoms with Crippen molar-refractivity contribution in [2.24, 2.45) is 5.41 Å². The van der Waals surface area contributed by atoms with Crippen LogP contribution in [0, 0.1) is 29.5 Å². The van der Waals surface area contributed by atoms with Crippen LogP contribution >= 0.6 is 15.9 Å². The zero-order valence-corrected chi connectivity index (χ0v) is 12.6. The van der Waals surface area contributed by atoms with E-state index in [1.807, 2.05) is 0 Å². The average molecular weight is 341 g/mol. The van der Waals surface area contributed by atoms with Gasteiger partial charge in [0.25, 0.3) is 0 Å². The molecule has 6 heteroatoms. The van der Waals surface area contributed by atoms with Crippen LogP contribution < -0.4 is 5.32 Å². The van der Waals surface area contributed by atoms with E-state index in [1.54, 1.807) is 6.92 Å². The Balaban J connectivity index is 2.23. The Hall–Kier alpha value is -1.45. The van der Waals surface area contributed by atoms with E-state index in [4.69, 9.17) is 4.74 Å². The second-order valence-corrected chi connectivity index (χ2v) is 5.70. The average Bonchev–Trinajstić information content (AvgIpc) is 2.45. The van der Waals surface area contributed by atoms with E-state index in [2.05, 4.69) is 27.3 Å². The summed E-state index contributed by atoms with van der Waals surface area (Å²) in [5, 5.41) is 12.0. The van der Waals surface area contributed by atoms with Gasteiger partial charge >= 0.3 is 0 Å². The van der Waals surface area contributed by atoms with E-state index >= 15 is 0 Å². The molecule has 106 valence electrons. The van der Waals surface area contributed by atoms with Gasteiger partial charge in [0.15, 0.2) is 0 Å². The summed E-state index contributed by atoms with van der Waals surface area (Å²) >= 11 is 3.09. The molecule has 0 saturated carbocycles. The third kappa shape index (κ3) is 2.84. The number of hydrogen-bond donors (Lipinski definition) is 1. The van der Waals surface area contributed by atoms with Gasteiger partial charge in [0.1, 0.15) is 11.2 Å². The van der Waals surface area contributed by atoms with Crippen molar-refractivity contribution in [3.8, 4) is 6.07 Å². The number of halogens is 2. The van der Waals surface area contributed by atoms with Crippen molar-refractivity contribution in [2.45, 2.75) is 19.8 Å². The first-order valence-electron chi connectivity index (χ1n) is 6.24. The van der Waals surface area contributed by atoms with Gasteiger partial charge < -0.3 is 10.1 Å². The summed E-state index contributed by atoms with van der Waals surface area (Å²) in [7, 11) is 0. The number of aryl methyl sites for hydroxylation is 1. The predicted molar refractivity (Wildman–Crippen MR) is 75.6 cm³/mol. The Labute approximate surface area is 125 Å². The fraction of sp³-hybridized carbons (Fsp3) is 0.429. The number of carbonyl (C=O) groups is 1. The number of amides is 1. The zero-order valence-electron chi connectivity index (χ0n) is 11.0. The van der Waals surface area contributed by atoms with Gasteiger partial charge in [-0.2, -0.15) is 5.26 Å². The SMILES string of the molecule is Cc1cc(F)c(Br)cc1NC(=O)C1(C#N)CCOCC1. The van der Waals surface area contributed by atoms with Gasteiger partial charge in [-0.25, -0.2) is 4.39 Å². The molecular formula is C14H14BrFN2O2. The van der Waals surface area contributed by atoms with Crippen molar-refractivity contribution in [3.05, 3.63) is 28.0 Å². The lowest BCUT2D eigenvalue weighted by molar-refractivity contribution is -0.126. The van der Waals surface area contributed by atoms with Crippen LogP contribution in [0.4, 0.5) is 10.1 Å². The molecule has 2 rings (SSSR count). The summed E-state index contributed by atoms with van der Waals surface area (Å²) in [6.45, 7) is 2.49. The van der Waals surface area contributed by atoms with Gasteiger partial charge in [-0.3, -0.25) is 4.79 Å². The number of carbonyl (C=O) groups excluding carboxylic acids is 1. The highest BCUT2D eigenvalue weighted by atomic mass is 79.9. The molecule has 0 bridgehead atoms. The number of hydrogen-bond acceptors (Lipinski definition) is 3.